The van der Waals surface area contributed by atoms with Crippen LogP contribution in [-0.2, 0) is 25.5 Å². The Labute approximate surface area is 201 Å². The predicted octanol–water partition coefficient (Wildman–Crippen LogP) is 1.40. The summed E-state index contributed by atoms with van der Waals surface area (Å²) in [6.45, 7) is 10.3. The molecule has 33 heavy (non-hydrogen) atoms. The van der Waals surface area contributed by atoms with Crippen LogP contribution in [0.2, 0.25) is 0 Å². The van der Waals surface area contributed by atoms with Crippen LogP contribution in [0.15, 0.2) is 30.3 Å². The molecule has 8 nitrogen and oxygen atoms in total. The number of nitrogens with one attached hydrogen (secondary N) is 3. The number of epoxide rings is 1. The second kappa shape index (κ2) is 13.7. The molecule has 0 saturated carbocycles. The number of hydrazine groups is 1. The Balaban J connectivity index is 0.000000890. The van der Waals surface area contributed by atoms with Gasteiger partial charge in [0.15, 0.2) is 5.78 Å². The highest BCUT2D eigenvalue weighted by molar-refractivity contribution is 7.99. The molecule has 2 fully saturated rings. The van der Waals surface area contributed by atoms with Gasteiger partial charge in [-0.2, -0.15) is 11.8 Å². The third-order valence-corrected chi connectivity index (χ3v) is 5.94. The fourth-order valence-corrected chi connectivity index (χ4v) is 3.86. The zero-order valence-electron chi connectivity index (χ0n) is 20.2. The summed E-state index contributed by atoms with van der Waals surface area (Å²) in [4.78, 5) is 37.2. The number of amides is 2. The van der Waals surface area contributed by atoms with Crippen LogP contribution in [0.1, 0.15) is 33.3 Å². The molecular weight excluding hydrogens is 440 g/mol. The maximum absolute atomic E-state index is 12.7. The van der Waals surface area contributed by atoms with Crippen molar-refractivity contribution >= 4 is 29.4 Å². The number of nitrogens with zero attached hydrogens (tertiary/aromatic N) is 1. The SMILES string of the molecule is CC(C)C.C[C@]1(C(=O)CNC(=O)C(Cc2ccccc2)NC(=O)CNN2CCSCC2)CO1. The van der Waals surface area contributed by atoms with E-state index in [-0.39, 0.29) is 30.7 Å². The standard InChI is InChI=1S/C20H28N4O4S.C4H10/c1-20(14-28-20)17(25)12-21-19(27)16(11-15-5-3-2-4-6-15)23-18(26)13-22-24-7-9-29-10-8-24;1-4(2)3/h2-6,16,22H,7-14H2,1H3,(H,21,27)(H,23,26);4H,1-3H3/t16?,20-;/m1./s1. The number of hydrogen-bond acceptors (Lipinski definition) is 7. The van der Waals surface area contributed by atoms with Gasteiger partial charge in [-0.25, -0.2) is 10.4 Å². The molecule has 2 amide bonds. The molecule has 0 spiro atoms. The summed E-state index contributed by atoms with van der Waals surface area (Å²) >= 11 is 1.89. The second-order valence-corrected chi connectivity index (χ2v) is 10.4. The molecule has 1 aromatic rings. The van der Waals surface area contributed by atoms with E-state index in [1.807, 2.05) is 47.1 Å². The average molecular weight is 479 g/mol. The molecule has 1 unspecified atom stereocenters. The van der Waals surface area contributed by atoms with Gasteiger partial charge in [0.05, 0.1) is 19.7 Å². The number of thioether (sulfide) groups is 1. The molecule has 2 aliphatic rings. The molecule has 3 N–H and O–H groups in total. The minimum Gasteiger partial charge on any atom is -0.362 e. The van der Waals surface area contributed by atoms with E-state index in [4.69, 9.17) is 4.74 Å². The largest absolute Gasteiger partial charge is 0.362 e. The normalized spacial score (nSPS) is 20.9. The lowest BCUT2D eigenvalue weighted by atomic mass is 10.0. The van der Waals surface area contributed by atoms with Crippen LogP contribution < -0.4 is 16.1 Å². The van der Waals surface area contributed by atoms with E-state index < -0.39 is 11.6 Å². The summed E-state index contributed by atoms with van der Waals surface area (Å²) in [6.07, 6.45) is 0.348. The first-order valence-corrected chi connectivity index (χ1v) is 12.7. The Morgan fingerprint density at radius 2 is 1.70 bits per heavy atom. The average Bonchev–Trinajstić information content (AvgIpc) is 3.55. The fourth-order valence-electron chi connectivity index (χ4n) is 2.96. The molecule has 2 saturated heterocycles. The lowest BCUT2D eigenvalue weighted by molar-refractivity contribution is -0.130. The topological polar surface area (TPSA) is 103 Å². The Morgan fingerprint density at radius 3 is 2.27 bits per heavy atom. The van der Waals surface area contributed by atoms with Gasteiger partial charge in [-0.3, -0.25) is 14.4 Å². The van der Waals surface area contributed by atoms with Crippen molar-refractivity contribution in [3.05, 3.63) is 35.9 Å². The fraction of sp³-hybridized carbons (Fsp3) is 0.625. The van der Waals surface area contributed by atoms with Gasteiger partial charge in [0, 0.05) is 31.0 Å². The summed E-state index contributed by atoms with van der Waals surface area (Å²) in [5, 5.41) is 7.46. The highest BCUT2D eigenvalue weighted by Crippen LogP contribution is 2.26. The van der Waals surface area contributed by atoms with Crippen LogP contribution >= 0.6 is 11.8 Å². The van der Waals surface area contributed by atoms with Crippen LogP contribution in [0, 0.1) is 5.92 Å². The van der Waals surface area contributed by atoms with Gasteiger partial charge < -0.3 is 15.4 Å². The zero-order chi connectivity index (χ0) is 24.3. The van der Waals surface area contributed by atoms with E-state index in [0.717, 1.165) is 36.1 Å². The molecule has 2 aliphatic heterocycles. The summed E-state index contributed by atoms with van der Waals surface area (Å²) < 4.78 is 5.12. The van der Waals surface area contributed by atoms with Crippen molar-refractivity contribution in [3.63, 3.8) is 0 Å². The first kappa shape index (κ1) is 27.3. The van der Waals surface area contributed by atoms with Crippen LogP contribution in [0.3, 0.4) is 0 Å². The third-order valence-electron chi connectivity index (χ3n) is 5.00. The van der Waals surface area contributed by atoms with Gasteiger partial charge in [0.1, 0.15) is 11.6 Å². The van der Waals surface area contributed by atoms with Crippen LogP contribution in [0.5, 0.6) is 0 Å². The first-order valence-electron chi connectivity index (χ1n) is 11.5. The summed E-state index contributed by atoms with van der Waals surface area (Å²) in [6, 6.07) is 8.71. The first-order chi connectivity index (χ1) is 15.7. The Bertz CT molecular complexity index is 762. The van der Waals surface area contributed by atoms with E-state index in [1.165, 1.54) is 0 Å². The number of ether oxygens (including phenoxy) is 1. The minimum atomic E-state index is -0.776. The number of benzene rings is 1. The van der Waals surface area contributed by atoms with Crippen molar-refractivity contribution in [3.8, 4) is 0 Å². The van der Waals surface area contributed by atoms with Gasteiger partial charge in [0.2, 0.25) is 11.8 Å². The molecule has 184 valence electrons. The van der Waals surface area contributed by atoms with Crippen molar-refractivity contribution in [2.75, 3.05) is 44.3 Å². The monoisotopic (exact) mass is 478 g/mol. The molecule has 0 bridgehead atoms. The van der Waals surface area contributed by atoms with Gasteiger partial charge >= 0.3 is 0 Å². The van der Waals surface area contributed by atoms with Gasteiger partial charge in [-0.1, -0.05) is 51.1 Å². The third kappa shape index (κ3) is 10.7. The van der Waals surface area contributed by atoms with E-state index in [9.17, 15) is 14.4 Å². The van der Waals surface area contributed by atoms with Crippen LogP contribution in [-0.4, -0.2) is 78.5 Å². The zero-order valence-corrected chi connectivity index (χ0v) is 21.0. The van der Waals surface area contributed by atoms with Crippen molar-refractivity contribution in [1.29, 1.82) is 0 Å². The van der Waals surface area contributed by atoms with E-state index in [1.54, 1.807) is 6.92 Å². The maximum Gasteiger partial charge on any atom is 0.243 e. The molecule has 0 aliphatic carbocycles. The Hall–Kier alpha value is -1.94. The smallest absolute Gasteiger partial charge is 0.243 e. The number of rotatable bonds is 10. The van der Waals surface area contributed by atoms with E-state index in [2.05, 4.69) is 36.8 Å². The molecule has 2 heterocycles. The van der Waals surface area contributed by atoms with E-state index >= 15 is 0 Å². The lowest BCUT2D eigenvalue weighted by Gasteiger charge is -2.27. The molecule has 2 atom stereocenters. The maximum atomic E-state index is 12.7. The molecule has 9 heteroatoms. The number of ketones is 1. The number of carbonyl (C=O) groups excluding carboxylic acids is 3. The van der Waals surface area contributed by atoms with Crippen molar-refractivity contribution in [1.82, 2.24) is 21.1 Å². The molecule has 0 aromatic heterocycles. The second-order valence-electron chi connectivity index (χ2n) is 9.14. The highest BCUT2D eigenvalue weighted by atomic mass is 32.2. The molecule has 1 aromatic carbocycles. The summed E-state index contributed by atoms with van der Waals surface area (Å²) in [5.41, 5.74) is 3.27. The van der Waals surface area contributed by atoms with Crippen LogP contribution in [0.4, 0.5) is 0 Å². The van der Waals surface area contributed by atoms with Gasteiger partial charge in [0.25, 0.3) is 0 Å². The van der Waals surface area contributed by atoms with Crippen LogP contribution in [0.25, 0.3) is 0 Å². The van der Waals surface area contributed by atoms with Gasteiger partial charge in [-0.15, -0.1) is 0 Å². The molecular formula is C24H38N4O4S. The quantitative estimate of drug-likeness (QED) is 0.437. The number of hydrogen-bond donors (Lipinski definition) is 3. The summed E-state index contributed by atoms with van der Waals surface area (Å²) in [5.74, 6) is 2.09. The van der Waals surface area contributed by atoms with Gasteiger partial charge in [-0.05, 0) is 18.4 Å². The lowest BCUT2D eigenvalue weighted by Crippen LogP contribution is -2.53. The molecule has 3 rings (SSSR count). The van der Waals surface area contributed by atoms with Crippen molar-refractivity contribution in [2.45, 2.75) is 45.8 Å². The van der Waals surface area contributed by atoms with E-state index in [0.29, 0.717) is 13.0 Å². The van der Waals surface area contributed by atoms with Crippen molar-refractivity contribution in [2.24, 2.45) is 5.92 Å². The molecule has 0 radical (unpaired) electrons. The number of carbonyl (C=O) groups is 3. The highest BCUT2D eigenvalue weighted by Gasteiger charge is 2.46. The predicted molar refractivity (Wildman–Crippen MR) is 132 cm³/mol. The Morgan fingerprint density at radius 1 is 1.09 bits per heavy atom. The Kier molecular flexibility index (Phi) is 11.3. The van der Waals surface area contributed by atoms with Crippen molar-refractivity contribution < 1.29 is 19.1 Å². The minimum absolute atomic E-state index is 0.105. The summed E-state index contributed by atoms with van der Waals surface area (Å²) in [7, 11) is 0. The number of Topliss-reactive ketones (excluding diaryl/α,β-unsaturated/α-hetero) is 1.